The van der Waals surface area contributed by atoms with Crippen LogP contribution in [-0.2, 0) is 25.8 Å². The molecule has 0 fully saturated rings. The maximum absolute atomic E-state index is 7.90. The average Bonchev–Trinajstić information content (AvgIpc) is 3.05. The molecular weight excluding hydrogens is 745 g/mol. The van der Waals surface area contributed by atoms with Gasteiger partial charge in [-0.1, -0.05) is 236 Å². The van der Waals surface area contributed by atoms with Crippen molar-refractivity contribution in [2.24, 2.45) is 21.7 Å². The van der Waals surface area contributed by atoms with Crippen molar-refractivity contribution >= 4 is 38.8 Å². The van der Waals surface area contributed by atoms with E-state index < -0.39 is 18.1 Å². The van der Waals surface area contributed by atoms with Crippen LogP contribution < -0.4 is 20.7 Å². The predicted molar refractivity (Wildman–Crippen MR) is 268 cm³/mol. The molecule has 0 aliphatic heterocycles. The van der Waals surface area contributed by atoms with E-state index in [9.17, 15) is 0 Å². The highest BCUT2D eigenvalue weighted by molar-refractivity contribution is 6.91. The van der Waals surface area contributed by atoms with Crippen LogP contribution in [0.2, 0.25) is 0 Å². The fraction of sp³-hybridized carbons (Fsp3) is 0.571. The SMILES string of the molecule is CC(C)(C)CC(C)(C)c1ccc([SiH](O[SiH](c2ccc(C(C)(C)CC(C)(C)C)cc2)c2ccc(C(C)(C)CC(C)(C)C)cc2)c2ccc(C(C)(C)CC(C)(C)C)cc2)cc1. The van der Waals surface area contributed by atoms with Gasteiger partial charge >= 0.3 is 0 Å². The summed E-state index contributed by atoms with van der Waals surface area (Å²) in [6, 6.07) is 38.5. The molecule has 3 heteroatoms. The van der Waals surface area contributed by atoms with Crippen LogP contribution in [0.15, 0.2) is 97.1 Å². The van der Waals surface area contributed by atoms with E-state index in [1.54, 1.807) is 0 Å². The van der Waals surface area contributed by atoms with Crippen LogP contribution in [0.4, 0.5) is 0 Å². The Hall–Kier alpha value is -2.73. The summed E-state index contributed by atoms with van der Waals surface area (Å²) in [5, 5.41) is 5.41. The minimum atomic E-state index is -2.17. The summed E-state index contributed by atoms with van der Waals surface area (Å²) in [6.07, 6.45) is 4.51. The van der Waals surface area contributed by atoms with Crippen LogP contribution in [0.3, 0.4) is 0 Å². The Morgan fingerprint density at radius 3 is 0.559 bits per heavy atom. The zero-order chi connectivity index (χ0) is 44.6. The zero-order valence-electron chi connectivity index (χ0n) is 41.6. The number of hydrogen-bond acceptors (Lipinski definition) is 1. The first kappa shape index (κ1) is 48.9. The van der Waals surface area contributed by atoms with E-state index in [1.807, 2.05) is 0 Å². The van der Waals surface area contributed by atoms with Crippen LogP contribution in [0.1, 0.15) is 186 Å². The van der Waals surface area contributed by atoms with Gasteiger partial charge in [0.1, 0.15) is 0 Å². The molecular formula is C56H86OSi2. The molecule has 0 bridgehead atoms. The van der Waals surface area contributed by atoms with Crippen molar-refractivity contribution in [3.05, 3.63) is 119 Å². The first-order chi connectivity index (χ1) is 26.7. The van der Waals surface area contributed by atoms with Crippen molar-refractivity contribution in [3.63, 3.8) is 0 Å². The Kier molecular flexibility index (Phi) is 14.6. The Morgan fingerprint density at radius 1 is 0.271 bits per heavy atom. The molecule has 59 heavy (non-hydrogen) atoms. The maximum Gasteiger partial charge on any atom is 0.228 e. The summed E-state index contributed by atoms with van der Waals surface area (Å²) in [7, 11) is -4.34. The van der Waals surface area contributed by atoms with Crippen LogP contribution >= 0.6 is 0 Å². The van der Waals surface area contributed by atoms with Crippen molar-refractivity contribution in [2.75, 3.05) is 0 Å². The van der Waals surface area contributed by atoms with Crippen LogP contribution in [0.5, 0.6) is 0 Å². The van der Waals surface area contributed by atoms with Gasteiger partial charge < -0.3 is 4.12 Å². The fourth-order valence-corrected chi connectivity index (χ4v) is 17.5. The molecule has 0 amide bonds. The zero-order valence-corrected chi connectivity index (χ0v) is 43.9. The highest BCUT2D eigenvalue weighted by Gasteiger charge is 2.33. The largest absolute Gasteiger partial charge is 0.446 e. The molecule has 0 saturated heterocycles. The highest BCUT2D eigenvalue weighted by atomic mass is 28.4. The molecule has 0 heterocycles. The van der Waals surface area contributed by atoms with E-state index >= 15 is 0 Å². The van der Waals surface area contributed by atoms with E-state index in [2.05, 4.69) is 236 Å². The van der Waals surface area contributed by atoms with Gasteiger partial charge in [0.15, 0.2) is 0 Å². The molecule has 0 spiro atoms. The lowest BCUT2D eigenvalue weighted by Gasteiger charge is -2.34. The molecule has 0 unspecified atom stereocenters. The summed E-state index contributed by atoms with van der Waals surface area (Å²) in [5.41, 5.74) is 6.93. The van der Waals surface area contributed by atoms with Gasteiger partial charge in [-0.15, -0.1) is 0 Å². The van der Waals surface area contributed by atoms with E-state index in [4.69, 9.17) is 4.12 Å². The maximum atomic E-state index is 7.90. The van der Waals surface area contributed by atoms with E-state index in [0.717, 1.165) is 25.7 Å². The van der Waals surface area contributed by atoms with E-state index in [1.165, 1.54) is 43.0 Å². The molecule has 0 saturated carbocycles. The van der Waals surface area contributed by atoms with Crippen LogP contribution in [0, 0.1) is 21.7 Å². The van der Waals surface area contributed by atoms with Gasteiger partial charge in [0.2, 0.25) is 18.1 Å². The predicted octanol–water partition coefficient (Wildman–Crippen LogP) is 12.9. The quantitative estimate of drug-likeness (QED) is 0.115. The molecule has 4 rings (SSSR count). The smallest absolute Gasteiger partial charge is 0.228 e. The molecule has 0 aromatic heterocycles. The molecule has 4 aromatic carbocycles. The van der Waals surface area contributed by atoms with Crippen molar-refractivity contribution in [1.82, 2.24) is 0 Å². The van der Waals surface area contributed by atoms with Crippen molar-refractivity contribution in [3.8, 4) is 0 Å². The van der Waals surface area contributed by atoms with Gasteiger partial charge in [0.05, 0.1) is 0 Å². The summed E-state index contributed by atoms with van der Waals surface area (Å²) in [4.78, 5) is 0. The molecule has 4 aromatic rings. The summed E-state index contributed by atoms with van der Waals surface area (Å²) in [6.45, 7) is 47.5. The summed E-state index contributed by atoms with van der Waals surface area (Å²) < 4.78 is 7.90. The summed E-state index contributed by atoms with van der Waals surface area (Å²) >= 11 is 0. The lowest BCUT2D eigenvalue weighted by molar-refractivity contribution is 0.283. The number of benzene rings is 4. The third kappa shape index (κ3) is 14.2. The Bertz CT molecular complexity index is 1640. The normalized spacial score (nSPS) is 14.1. The summed E-state index contributed by atoms with van der Waals surface area (Å²) in [5.74, 6) is 0. The van der Waals surface area contributed by atoms with Gasteiger partial charge in [0.25, 0.3) is 0 Å². The second-order valence-corrected chi connectivity index (χ2v) is 31.1. The molecule has 0 radical (unpaired) electrons. The molecule has 0 atom stereocenters. The molecule has 0 N–H and O–H groups in total. The Morgan fingerprint density at radius 2 is 0.424 bits per heavy atom. The Labute approximate surface area is 368 Å². The lowest BCUT2D eigenvalue weighted by Crippen LogP contribution is -2.56. The van der Waals surface area contributed by atoms with Gasteiger partial charge in [-0.3, -0.25) is 0 Å². The number of rotatable bonds is 14. The standard InChI is InChI=1S/C56H86OSi2/c1-49(2,3)37-53(13,14)41-21-29-45(30-22-41)58(46-31-23-42(24-32-46)54(15,16)38-50(4,5)6)57-59(47-33-25-43(26-34-47)55(17,18)39-51(7,8)9)48-35-27-44(28-36-48)56(19,20)40-52(10,11)12/h21-36,58-59H,37-40H2,1-20H3. The third-order valence-electron chi connectivity index (χ3n) is 12.1. The monoisotopic (exact) mass is 831 g/mol. The molecule has 1 nitrogen and oxygen atoms in total. The first-order valence-electron chi connectivity index (χ1n) is 22.7. The van der Waals surface area contributed by atoms with Crippen molar-refractivity contribution in [2.45, 2.75) is 186 Å². The minimum Gasteiger partial charge on any atom is -0.446 e. The van der Waals surface area contributed by atoms with Crippen LogP contribution in [-0.4, -0.2) is 18.1 Å². The van der Waals surface area contributed by atoms with Gasteiger partial charge in [-0.25, -0.2) is 0 Å². The van der Waals surface area contributed by atoms with E-state index in [-0.39, 0.29) is 43.3 Å². The van der Waals surface area contributed by atoms with E-state index in [0.29, 0.717) is 0 Å². The van der Waals surface area contributed by atoms with Crippen LogP contribution in [0.25, 0.3) is 0 Å². The van der Waals surface area contributed by atoms with Crippen molar-refractivity contribution in [1.29, 1.82) is 0 Å². The average molecular weight is 831 g/mol. The molecule has 0 aliphatic rings. The van der Waals surface area contributed by atoms with Gasteiger partial charge in [-0.2, -0.15) is 0 Å². The highest BCUT2D eigenvalue weighted by Crippen LogP contribution is 2.39. The Balaban J connectivity index is 1.88. The molecule has 0 aliphatic carbocycles. The topological polar surface area (TPSA) is 9.23 Å². The third-order valence-corrected chi connectivity index (χ3v) is 18.3. The second-order valence-electron chi connectivity index (χ2n) is 25.9. The second kappa shape index (κ2) is 17.6. The number of hydrogen-bond donors (Lipinski definition) is 0. The molecule has 324 valence electrons. The first-order valence-corrected chi connectivity index (χ1v) is 26.0. The fourth-order valence-electron chi connectivity index (χ4n) is 11.0. The minimum absolute atomic E-state index is 0.0806. The lowest BCUT2D eigenvalue weighted by atomic mass is 9.72. The van der Waals surface area contributed by atoms with Gasteiger partial charge in [-0.05, 0) is 112 Å². The van der Waals surface area contributed by atoms with Gasteiger partial charge in [0, 0.05) is 0 Å². The van der Waals surface area contributed by atoms with Crippen molar-refractivity contribution < 1.29 is 4.12 Å².